The minimum Gasteiger partial charge on any atom is -0.465 e. The third kappa shape index (κ3) is 10.6. The normalized spacial score (nSPS) is 20.1. The minimum absolute atomic E-state index is 0.0313. The fourth-order valence-electron chi connectivity index (χ4n) is 8.12. The highest BCUT2D eigenvalue weighted by Gasteiger charge is 2.40. The van der Waals surface area contributed by atoms with Crippen LogP contribution in [0.15, 0.2) is 18.5 Å². The molecule has 7 rings (SSSR count). The molecule has 1 saturated heterocycles. The van der Waals surface area contributed by atoms with Gasteiger partial charge in [-0.2, -0.15) is 5.10 Å². The lowest BCUT2D eigenvalue weighted by Crippen LogP contribution is -2.52. The summed E-state index contributed by atoms with van der Waals surface area (Å²) in [6.07, 6.45) is 9.97. The van der Waals surface area contributed by atoms with Crippen LogP contribution in [0.1, 0.15) is 96.4 Å². The number of carbonyl (C=O) groups is 6. The van der Waals surface area contributed by atoms with E-state index in [4.69, 9.17) is 0 Å². The molecule has 1 atom stereocenters. The largest absolute Gasteiger partial charge is 0.465 e. The van der Waals surface area contributed by atoms with Crippen molar-refractivity contribution >= 4 is 52.9 Å². The SMILES string of the molecule is Cn1ncc(-c2nc(N[C@H]3CC[C@H](N(CC(=O)NCCCCCNCC(=O)NCc4cc5c(s4)C(=O)N(C4CCC(=O)NC4=O)C5)C(=O)O)CC3)ncc2F)c1CC1CC1. The summed E-state index contributed by atoms with van der Waals surface area (Å²) in [5.74, 6) is -1.16. The molecule has 322 valence electrons. The molecule has 0 aromatic carbocycles. The van der Waals surface area contributed by atoms with Crippen molar-refractivity contribution in [2.75, 3.05) is 31.5 Å². The van der Waals surface area contributed by atoms with Crippen LogP contribution in [0.4, 0.5) is 15.1 Å². The Kier molecular flexibility index (Phi) is 13.7. The number of amides is 6. The predicted molar refractivity (Wildman–Crippen MR) is 217 cm³/mol. The summed E-state index contributed by atoms with van der Waals surface area (Å²) < 4.78 is 16.7. The second-order valence-electron chi connectivity index (χ2n) is 16.1. The van der Waals surface area contributed by atoms with Crippen LogP contribution in [0.25, 0.3) is 11.3 Å². The monoisotopic (exact) mass is 849 g/mol. The number of unbranched alkanes of at least 4 members (excludes halogenated alkanes) is 2. The summed E-state index contributed by atoms with van der Waals surface area (Å²) >= 11 is 1.29. The van der Waals surface area contributed by atoms with Gasteiger partial charge in [-0.15, -0.1) is 11.3 Å². The van der Waals surface area contributed by atoms with Crippen LogP contribution in [-0.4, -0.2) is 115 Å². The van der Waals surface area contributed by atoms with E-state index >= 15 is 0 Å². The highest BCUT2D eigenvalue weighted by atomic mass is 32.1. The molecule has 3 aromatic rings. The van der Waals surface area contributed by atoms with E-state index in [0.29, 0.717) is 80.5 Å². The van der Waals surface area contributed by atoms with Gasteiger partial charge in [0, 0.05) is 54.8 Å². The van der Waals surface area contributed by atoms with Gasteiger partial charge in [-0.3, -0.25) is 38.9 Å². The Labute approximate surface area is 350 Å². The molecule has 60 heavy (non-hydrogen) atoms. The van der Waals surface area contributed by atoms with Crippen LogP contribution in [0.2, 0.25) is 0 Å². The Balaban J connectivity index is 0.742. The van der Waals surface area contributed by atoms with Crippen molar-refractivity contribution in [1.29, 1.82) is 0 Å². The number of piperidine rings is 1. The lowest BCUT2D eigenvalue weighted by Gasteiger charge is -2.35. The maximum absolute atomic E-state index is 14.9. The van der Waals surface area contributed by atoms with Gasteiger partial charge in [0.1, 0.15) is 18.3 Å². The molecule has 2 aliphatic heterocycles. The van der Waals surface area contributed by atoms with Gasteiger partial charge in [0.15, 0.2) is 5.82 Å². The first-order valence-electron chi connectivity index (χ1n) is 20.7. The fourth-order valence-corrected chi connectivity index (χ4v) is 9.19. The molecule has 2 aliphatic carbocycles. The van der Waals surface area contributed by atoms with Crippen LogP contribution < -0.4 is 26.6 Å². The summed E-state index contributed by atoms with van der Waals surface area (Å²) in [6.45, 7) is 1.46. The number of thiophene rings is 1. The molecule has 0 bridgehead atoms. The smallest absolute Gasteiger partial charge is 0.408 e. The van der Waals surface area contributed by atoms with Gasteiger partial charge in [0.05, 0.1) is 30.4 Å². The molecule has 3 aromatic heterocycles. The van der Waals surface area contributed by atoms with E-state index in [1.54, 1.807) is 10.9 Å². The Morgan fingerprint density at radius 1 is 1.00 bits per heavy atom. The van der Waals surface area contributed by atoms with Gasteiger partial charge in [0.25, 0.3) is 5.91 Å². The number of hydrogen-bond donors (Lipinski definition) is 6. The van der Waals surface area contributed by atoms with Crippen molar-refractivity contribution in [2.24, 2.45) is 13.0 Å². The van der Waals surface area contributed by atoms with Crippen LogP contribution in [-0.2, 0) is 45.7 Å². The number of hydrogen-bond acceptors (Lipinski definition) is 12. The number of aromatic nitrogens is 4. The van der Waals surface area contributed by atoms with Gasteiger partial charge in [-0.1, -0.05) is 6.42 Å². The predicted octanol–water partition coefficient (Wildman–Crippen LogP) is 2.69. The molecular weight excluding hydrogens is 798 g/mol. The minimum atomic E-state index is -1.14. The van der Waals surface area contributed by atoms with Crippen molar-refractivity contribution in [3.63, 3.8) is 0 Å². The zero-order valence-corrected chi connectivity index (χ0v) is 34.5. The van der Waals surface area contributed by atoms with Gasteiger partial charge in [0.2, 0.25) is 29.6 Å². The molecule has 6 amide bonds. The number of carbonyl (C=O) groups excluding carboxylic acids is 5. The molecule has 5 heterocycles. The van der Waals surface area contributed by atoms with Crippen molar-refractivity contribution in [2.45, 2.75) is 108 Å². The Morgan fingerprint density at radius 3 is 2.52 bits per heavy atom. The average molecular weight is 850 g/mol. The maximum atomic E-state index is 14.9. The van der Waals surface area contributed by atoms with Crippen molar-refractivity contribution in [1.82, 2.24) is 50.8 Å². The second kappa shape index (κ2) is 19.3. The first kappa shape index (κ1) is 42.6. The summed E-state index contributed by atoms with van der Waals surface area (Å²) in [4.78, 5) is 86.7. The third-order valence-electron chi connectivity index (χ3n) is 11.6. The highest BCUT2D eigenvalue weighted by molar-refractivity contribution is 7.14. The van der Waals surface area contributed by atoms with Crippen LogP contribution in [0.5, 0.6) is 0 Å². The van der Waals surface area contributed by atoms with E-state index in [-0.39, 0.29) is 67.5 Å². The van der Waals surface area contributed by atoms with Gasteiger partial charge in [-0.05, 0) is 88.3 Å². The number of rotatable bonds is 19. The first-order valence-corrected chi connectivity index (χ1v) is 21.5. The van der Waals surface area contributed by atoms with Crippen LogP contribution >= 0.6 is 11.3 Å². The summed E-state index contributed by atoms with van der Waals surface area (Å²) in [6, 6.07) is 0.871. The van der Waals surface area contributed by atoms with Crippen molar-refractivity contribution < 1.29 is 38.3 Å². The average Bonchev–Trinajstić information content (AvgIpc) is 3.74. The molecule has 2 saturated carbocycles. The van der Waals surface area contributed by atoms with Crippen LogP contribution in [0.3, 0.4) is 0 Å². The molecule has 20 heteroatoms. The van der Waals surface area contributed by atoms with E-state index in [2.05, 4.69) is 41.7 Å². The number of nitrogens with zero attached hydrogens (tertiary/aromatic N) is 6. The van der Waals surface area contributed by atoms with Crippen LogP contribution in [0, 0.1) is 11.7 Å². The highest BCUT2D eigenvalue weighted by Crippen LogP contribution is 2.36. The second-order valence-corrected chi connectivity index (χ2v) is 17.2. The Hall–Kier alpha value is -5.50. The van der Waals surface area contributed by atoms with Gasteiger partial charge in [-0.25, -0.2) is 19.2 Å². The number of aryl methyl sites for hydroxylation is 1. The number of imide groups is 1. The zero-order chi connectivity index (χ0) is 42.3. The molecule has 4 aliphatic rings. The summed E-state index contributed by atoms with van der Waals surface area (Å²) in [5, 5.41) is 28.7. The molecular formula is C40H52FN11O7S. The van der Waals surface area contributed by atoms with Crippen molar-refractivity contribution in [3.05, 3.63) is 45.3 Å². The molecule has 18 nitrogen and oxygen atoms in total. The van der Waals surface area contributed by atoms with E-state index < -0.39 is 23.9 Å². The fraction of sp³-hybridized carbons (Fsp3) is 0.575. The number of carboxylic acid groups (broad SMARTS) is 1. The van der Waals surface area contributed by atoms with E-state index in [1.165, 1.54) is 27.3 Å². The lowest BCUT2D eigenvalue weighted by atomic mass is 9.90. The number of fused-ring (bicyclic) bond motifs is 1. The molecule has 6 N–H and O–H groups in total. The summed E-state index contributed by atoms with van der Waals surface area (Å²) in [5.41, 5.74) is 2.65. The zero-order valence-electron chi connectivity index (χ0n) is 33.6. The number of nitrogens with one attached hydrogen (secondary N) is 5. The maximum Gasteiger partial charge on any atom is 0.408 e. The molecule has 0 radical (unpaired) electrons. The Bertz CT molecular complexity index is 2100. The molecule has 1 unspecified atom stereocenters. The standard InChI is InChI=1S/C40H52FN11O7S/c1-50-31(15-23-5-6-23)28(18-46-50)35-29(41)19-45-39(49-35)47-25-7-9-26(10-8-25)51(40(58)59)22-34(55)43-14-4-2-3-13-42-20-33(54)44-17-27-16-24-21-52(38(57)36(24)60-27)30-11-12-32(53)48-37(30)56/h16,18-19,23,25-26,30,42H,2-15,17,20-22H2,1H3,(H,43,55)(H,44,54)(H,58,59)(H,45,47,49)(H,48,53,56)/t25-,26-,30?. The van der Waals surface area contributed by atoms with Crippen molar-refractivity contribution in [3.8, 4) is 11.3 Å². The Morgan fingerprint density at radius 2 is 1.78 bits per heavy atom. The van der Waals surface area contributed by atoms with E-state index in [0.717, 1.165) is 48.2 Å². The van der Waals surface area contributed by atoms with E-state index in [1.807, 2.05) is 13.1 Å². The quantitative estimate of drug-likeness (QED) is 0.0756. The number of anilines is 1. The first-order chi connectivity index (χ1) is 28.9. The third-order valence-corrected chi connectivity index (χ3v) is 12.8. The molecule has 0 spiro atoms. The molecule has 3 fully saturated rings. The lowest BCUT2D eigenvalue weighted by molar-refractivity contribution is -0.137. The van der Waals surface area contributed by atoms with Gasteiger partial charge >= 0.3 is 6.09 Å². The van der Waals surface area contributed by atoms with Gasteiger partial charge < -0.3 is 31.3 Å². The number of halogens is 1. The topological polar surface area (TPSA) is 233 Å². The summed E-state index contributed by atoms with van der Waals surface area (Å²) in [7, 11) is 1.85. The van der Waals surface area contributed by atoms with E-state index in [9.17, 15) is 38.3 Å².